The Morgan fingerprint density at radius 2 is 1.76 bits per heavy atom. The van der Waals surface area contributed by atoms with Gasteiger partial charge in [-0.05, 0) is 43.4 Å². The zero-order chi connectivity index (χ0) is 14.5. The van der Waals surface area contributed by atoms with Gasteiger partial charge in [0.1, 0.15) is 0 Å². The number of benzene rings is 2. The van der Waals surface area contributed by atoms with E-state index in [0.717, 1.165) is 17.0 Å². The number of aliphatic hydroxyl groups is 1. The fourth-order valence-corrected chi connectivity index (χ4v) is 3.28. The highest BCUT2D eigenvalue weighted by Gasteiger charge is 2.09. The average molecular weight is 344 g/mol. The van der Waals surface area contributed by atoms with E-state index in [1.54, 1.807) is 11.8 Å². The number of halogens is 2. The maximum Gasteiger partial charge on any atom is 0.0692 e. The van der Waals surface area contributed by atoms with Crippen molar-refractivity contribution in [2.24, 2.45) is 0 Å². The number of hydrogen-bond donors (Lipinski definition) is 1. The van der Waals surface area contributed by atoms with Crippen molar-refractivity contribution in [1.82, 2.24) is 4.90 Å². The van der Waals surface area contributed by atoms with E-state index in [0.29, 0.717) is 5.02 Å². The molecule has 0 bridgehead atoms. The smallest absolute Gasteiger partial charge is 0.0692 e. The number of hydrogen-bond acceptors (Lipinski definition) is 3. The third kappa shape index (κ3) is 5.20. The Labute approximate surface area is 141 Å². The second-order valence-electron chi connectivity index (χ2n) is 4.86. The van der Waals surface area contributed by atoms with Crippen LogP contribution in [0.3, 0.4) is 0 Å². The van der Waals surface area contributed by atoms with Gasteiger partial charge in [0.15, 0.2) is 0 Å². The third-order valence-corrected chi connectivity index (χ3v) is 4.33. The first-order valence-corrected chi connectivity index (χ1v) is 7.59. The molecule has 2 nitrogen and oxygen atoms in total. The fraction of sp³-hybridized carbons (Fsp3) is 0.250. The Hall–Kier alpha value is -0.710. The molecule has 0 saturated heterocycles. The normalized spacial score (nSPS) is 10.5. The van der Waals surface area contributed by atoms with Gasteiger partial charge in [0.25, 0.3) is 0 Å². The summed E-state index contributed by atoms with van der Waals surface area (Å²) in [7, 11) is 4.11. The highest BCUT2D eigenvalue weighted by atomic mass is 35.5. The van der Waals surface area contributed by atoms with Gasteiger partial charge in [0.2, 0.25) is 0 Å². The topological polar surface area (TPSA) is 23.5 Å². The Kier molecular flexibility index (Phi) is 7.57. The minimum atomic E-state index is 0. The third-order valence-electron chi connectivity index (χ3n) is 2.88. The van der Waals surface area contributed by atoms with Crippen molar-refractivity contribution in [3.8, 4) is 0 Å². The molecule has 0 amide bonds. The lowest BCUT2D eigenvalue weighted by Gasteiger charge is -2.15. The molecule has 0 unspecified atom stereocenters. The lowest BCUT2D eigenvalue weighted by atomic mass is 10.2. The van der Waals surface area contributed by atoms with E-state index in [9.17, 15) is 5.11 Å². The van der Waals surface area contributed by atoms with Crippen LogP contribution in [0.2, 0.25) is 5.02 Å². The maximum absolute atomic E-state index is 9.44. The van der Waals surface area contributed by atoms with Gasteiger partial charge in [0, 0.05) is 21.4 Å². The molecule has 2 aromatic carbocycles. The molecule has 2 rings (SSSR count). The Morgan fingerprint density at radius 3 is 2.43 bits per heavy atom. The van der Waals surface area contributed by atoms with Crippen molar-refractivity contribution in [3.05, 3.63) is 58.6 Å². The quantitative estimate of drug-likeness (QED) is 0.866. The van der Waals surface area contributed by atoms with Crippen molar-refractivity contribution >= 4 is 35.8 Å². The molecular formula is C16H19Cl2NOS. The highest BCUT2D eigenvalue weighted by Crippen LogP contribution is 2.34. The van der Waals surface area contributed by atoms with Crippen LogP contribution in [0.1, 0.15) is 11.1 Å². The summed E-state index contributed by atoms with van der Waals surface area (Å²) in [5.41, 5.74) is 2.17. The predicted molar refractivity (Wildman–Crippen MR) is 92.6 cm³/mol. The molecule has 0 aliphatic rings. The fourth-order valence-electron chi connectivity index (χ4n) is 1.95. The molecule has 0 radical (unpaired) electrons. The van der Waals surface area contributed by atoms with Crippen LogP contribution < -0.4 is 0 Å². The van der Waals surface area contributed by atoms with Gasteiger partial charge in [0.05, 0.1) is 6.61 Å². The molecule has 0 aromatic heterocycles. The Bertz CT molecular complexity index is 590. The Balaban J connectivity index is 0.00000220. The summed E-state index contributed by atoms with van der Waals surface area (Å²) in [5, 5.41) is 10.1. The molecular weight excluding hydrogens is 325 g/mol. The zero-order valence-electron chi connectivity index (χ0n) is 12.0. The molecule has 0 atom stereocenters. The standard InChI is InChI=1S/C16H18ClNOS.ClH/c1-18(2)10-12-5-3-4-6-15(12)20-16-9-14(17)8-7-13(16)11-19;/h3-9,19H,10-11H2,1-2H3;1H. The minimum absolute atomic E-state index is 0. The van der Waals surface area contributed by atoms with Gasteiger partial charge in [-0.25, -0.2) is 0 Å². The molecule has 5 heteroatoms. The van der Waals surface area contributed by atoms with Crippen LogP contribution in [0.15, 0.2) is 52.3 Å². The molecule has 21 heavy (non-hydrogen) atoms. The van der Waals surface area contributed by atoms with Gasteiger partial charge in [-0.2, -0.15) is 0 Å². The van der Waals surface area contributed by atoms with Crippen LogP contribution in [0.5, 0.6) is 0 Å². The van der Waals surface area contributed by atoms with Crippen LogP contribution in [0.25, 0.3) is 0 Å². The van der Waals surface area contributed by atoms with Gasteiger partial charge in [-0.1, -0.05) is 47.6 Å². The van der Waals surface area contributed by atoms with E-state index in [-0.39, 0.29) is 19.0 Å². The van der Waals surface area contributed by atoms with Crippen molar-refractivity contribution in [3.63, 3.8) is 0 Å². The van der Waals surface area contributed by atoms with Crippen molar-refractivity contribution in [2.75, 3.05) is 14.1 Å². The van der Waals surface area contributed by atoms with Crippen LogP contribution >= 0.6 is 35.8 Å². The van der Waals surface area contributed by atoms with Gasteiger partial charge < -0.3 is 10.0 Å². The van der Waals surface area contributed by atoms with E-state index in [1.807, 2.05) is 30.3 Å². The molecule has 0 fully saturated rings. The second kappa shape index (κ2) is 8.66. The van der Waals surface area contributed by atoms with E-state index >= 15 is 0 Å². The monoisotopic (exact) mass is 343 g/mol. The molecule has 0 saturated carbocycles. The first kappa shape index (κ1) is 18.3. The molecule has 0 spiro atoms. The summed E-state index contributed by atoms with van der Waals surface area (Å²) in [4.78, 5) is 4.34. The summed E-state index contributed by atoms with van der Waals surface area (Å²) in [6, 6.07) is 13.9. The summed E-state index contributed by atoms with van der Waals surface area (Å²) >= 11 is 7.71. The first-order chi connectivity index (χ1) is 9.60. The predicted octanol–water partition coefficient (Wildman–Crippen LogP) is 4.47. The largest absolute Gasteiger partial charge is 0.392 e. The molecule has 2 aromatic rings. The lowest BCUT2D eigenvalue weighted by Crippen LogP contribution is -2.11. The van der Waals surface area contributed by atoms with Crippen LogP contribution in [-0.2, 0) is 13.2 Å². The summed E-state index contributed by atoms with van der Waals surface area (Å²) < 4.78 is 0. The van der Waals surface area contributed by atoms with E-state index < -0.39 is 0 Å². The van der Waals surface area contributed by atoms with Crippen molar-refractivity contribution in [1.29, 1.82) is 0 Å². The van der Waals surface area contributed by atoms with Crippen LogP contribution in [0.4, 0.5) is 0 Å². The number of nitrogens with zero attached hydrogens (tertiary/aromatic N) is 1. The van der Waals surface area contributed by atoms with Gasteiger partial charge in [-0.3, -0.25) is 0 Å². The molecule has 1 N–H and O–H groups in total. The molecule has 0 aliphatic carbocycles. The number of rotatable bonds is 5. The summed E-state index contributed by atoms with van der Waals surface area (Å²) in [6.45, 7) is 0.910. The van der Waals surface area contributed by atoms with Crippen LogP contribution in [0, 0.1) is 0 Å². The van der Waals surface area contributed by atoms with Crippen molar-refractivity contribution in [2.45, 2.75) is 22.9 Å². The second-order valence-corrected chi connectivity index (χ2v) is 6.38. The minimum Gasteiger partial charge on any atom is -0.392 e. The summed E-state index contributed by atoms with van der Waals surface area (Å²) in [5.74, 6) is 0. The Morgan fingerprint density at radius 1 is 1.05 bits per heavy atom. The van der Waals surface area contributed by atoms with E-state index in [4.69, 9.17) is 11.6 Å². The van der Waals surface area contributed by atoms with Gasteiger partial charge >= 0.3 is 0 Å². The van der Waals surface area contributed by atoms with E-state index in [1.165, 1.54) is 10.5 Å². The lowest BCUT2D eigenvalue weighted by molar-refractivity contribution is 0.279. The van der Waals surface area contributed by atoms with Crippen molar-refractivity contribution < 1.29 is 5.11 Å². The SMILES string of the molecule is CN(C)Cc1ccccc1Sc1cc(Cl)ccc1CO.Cl. The zero-order valence-corrected chi connectivity index (χ0v) is 14.4. The van der Waals surface area contributed by atoms with Gasteiger partial charge in [-0.15, -0.1) is 12.4 Å². The maximum atomic E-state index is 9.44. The van der Waals surface area contributed by atoms with E-state index in [2.05, 4.69) is 31.1 Å². The molecule has 0 heterocycles. The van der Waals surface area contributed by atoms with Crippen LogP contribution in [-0.4, -0.2) is 24.1 Å². The first-order valence-electron chi connectivity index (χ1n) is 6.40. The highest BCUT2D eigenvalue weighted by molar-refractivity contribution is 7.99. The number of aliphatic hydroxyl groups excluding tert-OH is 1. The summed E-state index contributed by atoms with van der Waals surface area (Å²) in [6.07, 6.45) is 0. The molecule has 114 valence electrons. The average Bonchev–Trinajstić information content (AvgIpc) is 2.41. The molecule has 0 aliphatic heterocycles.